The summed E-state index contributed by atoms with van der Waals surface area (Å²) in [5.74, 6) is 0.691. The molecule has 4 nitrogen and oxygen atoms in total. The Morgan fingerprint density at radius 2 is 1.74 bits per heavy atom. The van der Waals surface area contributed by atoms with Crippen molar-refractivity contribution in [2.24, 2.45) is 0 Å². The highest BCUT2D eigenvalue weighted by Crippen LogP contribution is 2.42. The minimum absolute atomic E-state index is 0.0354. The van der Waals surface area contributed by atoms with Crippen LogP contribution in [-0.4, -0.2) is 17.6 Å². The third-order valence-electron chi connectivity index (χ3n) is 5.63. The molecule has 0 bridgehead atoms. The van der Waals surface area contributed by atoms with E-state index in [0.717, 1.165) is 35.3 Å². The second-order valence-corrected chi connectivity index (χ2v) is 9.38. The fourth-order valence-electron chi connectivity index (χ4n) is 3.92. The van der Waals surface area contributed by atoms with E-state index in [1.165, 1.54) is 32.1 Å². The number of nitrogens with one attached hydrogen (secondary N) is 1. The van der Waals surface area contributed by atoms with Gasteiger partial charge in [0.15, 0.2) is 0 Å². The van der Waals surface area contributed by atoms with E-state index < -0.39 is 0 Å². The van der Waals surface area contributed by atoms with E-state index in [-0.39, 0.29) is 17.2 Å². The van der Waals surface area contributed by atoms with Crippen molar-refractivity contribution >= 4 is 35.0 Å². The summed E-state index contributed by atoms with van der Waals surface area (Å²) in [5.41, 5.74) is 3.96. The molecule has 2 amide bonds. The first kappa shape index (κ1) is 23.4. The number of amides is 2. The van der Waals surface area contributed by atoms with Crippen LogP contribution < -0.4 is 10.2 Å². The van der Waals surface area contributed by atoms with Crippen LogP contribution in [0.25, 0.3) is 0 Å². The van der Waals surface area contributed by atoms with E-state index in [1.54, 1.807) is 11.8 Å². The van der Waals surface area contributed by atoms with Gasteiger partial charge in [-0.25, -0.2) is 0 Å². The number of aryl methyl sites for hydroxylation is 1. The number of rotatable bonds is 11. The molecule has 1 saturated heterocycles. The topological polar surface area (TPSA) is 49.4 Å². The molecule has 1 heterocycles. The van der Waals surface area contributed by atoms with Crippen LogP contribution in [0.3, 0.4) is 0 Å². The number of nitrogens with zero attached hydrogens (tertiary/aromatic N) is 1. The lowest BCUT2D eigenvalue weighted by Crippen LogP contribution is -2.27. The average Bonchev–Trinajstić information content (AvgIpc) is 3.15. The Balaban J connectivity index is 1.51. The second-order valence-electron chi connectivity index (χ2n) is 8.31. The third kappa shape index (κ3) is 6.86. The van der Waals surface area contributed by atoms with Gasteiger partial charge in [0.25, 0.3) is 0 Å². The van der Waals surface area contributed by atoms with Gasteiger partial charge in [0, 0.05) is 17.8 Å². The molecule has 1 atom stereocenters. The van der Waals surface area contributed by atoms with Crippen LogP contribution in [0.4, 0.5) is 11.4 Å². The Kier molecular flexibility index (Phi) is 9.01. The molecule has 1 aliphatic heterocycles. The fraction of sp³-hybridized carbons (Fsp3) is 0.462. The molecule has 1 aliphatic rings. The van der Waals surface area contributed by atoms with Crippen molar-refractivity contribution in [1.82, 2.24) is 0 Å². The first-order chi connectivity index (χ1) is 15.1. The highest BCUT2D eigenvalue weighted by atomic mass is 32.2. The van der Waals surface area contributed by atoms with Gasteiger partial charge in [0.1, 0.15) is 5.37 Å². The summed E-state index contributed by atoms with van der Waals surface area (Å²) in [6, 6.07) is 16.0. The van der Waals surface area contributed by atoms with E-state index in [4.69, 9.17) is 0 Å². The number of benzene rings is 2. The van der Waals surface area contributed by atoms with Gasteiger partial charge in [-0.1, -0.05) is 69.7 Å². The molecule has 3 rings (SSSR count). The van der Waals surface area contributed by atoms with Crippen molar-refractivity contribution in [3.05, 3.63) is 59.7 Å². The molecule has 166 valence electrons. The Labute approximate surface area is 190 Å². The number of unbranched alkanes of at least 4 members (excludes halogenated alkanes) is 6. The van der Waals surface area contributed by atoms with E-state index in [2.05, 4.69) is 18.3 Å². The summed E-state index contributed by atoms with van der Waals surface area (Å²) in [4.78, 5) is 26.6. The Hall–Kier alpha value is -2.27. The quantitative estimate of drug-likeness (QED) is 0.390. The average molecular weight is 439 g/mol. The first-order valence-corrected chi connectivity index (χ1v) is 12.5. The largest absolute Gasteiger partial charge is 0.326 e. The van der Waals surface area contributed by atoms with E-state index in [9.17, 15) is 9.59 Å². The summed E-state index contributed by atoms with van der Waals surface area (Å²) in [7, 11) is 0. The highest BCUT2D eigenvalue weighted by molar-refractivity contribution is 8.00. The van der Waals surface area contributed by atoms with Crippen LogP contribution in [-0.2, 0) is 9.59 Å². The van der Waals surface area contributed by atoms with Crippen molar-refractivity contribution in [3.8, 4) is 0 Å². The molecule has 0 radical (unpaired) electrons. The number of carbonyl (C=O) groups is 2. The maximum Gasteiger partial charge on any atom is 0.238 e. The monoisotopic (exact) mass is 438 g/mol. The minimum atomic E-state index is -0.0354. The van der Waals surface area contributed by atoms with Crippen LogP contribution in [0.15, 0.2) is 48.5 Å². The van der Waals surface area contributed by atoms with Gasteiger partial charge < -0.3 is 5.32 Å². The molecule has 31 heavy (non-hydrogen) atoms. The number of thioether (sulfide) groups is 1. The van der Waals surface area contributed by atoms with Gasteiger partial charge in [0.2, 0.25) is 11.8 Å². The normalized spacial score (nSPS) is 16.0. The molecule has 5 heteroatoms. The Morgan fingerprint density at radius 1 is 1.03 bits per heavy atom. The van der Waals surface area contributed by atoms with Crippen molar-refractivity contribution in [2.75, 3.05) is 16.0 Å². The van der Waals surface area contributed by atoms with Crippen molar-refractivity contribution in [3.63, 3.8) is 0 Å². The number of hydrogen-bond acceptors (Lipinski definition) is 3. The Bertz CT molecular complexity index is 866. The zero-order chi connectivity index (χ0) is 22.1. The maximum atomic E-state index is 12.5. The molecule has 0 aromatic heterocycles. The van der Waals surface area contributed by atoms with Crippen molar-refractivity contribution < 1.29 is 9.59 Å². The van der Waals surface area contributed by atoms with Crippen LogP contribution in [0, 0.1) is 6.92 Å². The lowest BCUT2D eigenvalue weighted by molar-refractivity contribution is -0.116. The highest BCUT2D eigenvalue weighted by Gasteiger charge is 2.34. The standard InChI is InChI=1S/C26H34N2O2S/c1-3-4-5-6-7-8-9-13-24(29)27-22-16-14-21(15-17-22)26-28(25(30)19-31-26)23-12-10-11-20(2)18-23/h10-12,14-18,26H,3-9,13,19H2,1-2H3,(H,27,29)/t26-/m1/s1. The predicted octanol–water partition coefficient (Wildman–Crippen LogP) is 6.85. The second kappa shape index (κ2) is 11.9. The summed E-state index contributed by atoms with van der Waals surface area (Å²) in [5, 5.41) is 2.97. The fourth-order valence-corrected chi connectivity index (χ4v) is 5.10. The van der Waals surface area contributed by atoms with Gasteiger partial charge in [-0.3, -0.25) is 14.5 Å². The number of carbonyl (C=O) groups excluding carboxylic acids is 2. The lowest BCUT2D eigenvalue weighted by atomic mass is 10.1. The van der Waals surface area contributed by atoms with Gasteiger partial charge in [-0.05, 0) is 48.7 Å². The number of hydrogen-bond donors (Lipinski definition) is 1. The molecular weight excluding hydrogens is 404 g/mol. The predicted molar refractivity (Wildman–Crippen MR) is 132 cm³/mol. The van der Waals surface area contributed by atoms with Crippen LogP contribution in [0.2, 0.25) is 0 Å². The molecule has 0 unspecified atom stereocenters. The summed E-state index contributed by atoms with van der Waals surface area (Å²) < 4.78 is 0. The van der Waals surface area contributed by atoms with E-state index >= 15 is 0 Å². The molecule has 2 aromatic carbocycles. The van der Waals surface area contributed by atoms with Gasteiger partial charge in [-0.2, -0.15) is 0 Å². The SMILES string of the molecule is CCCCCCCCCC(=O)Nc1ccc([C@H]2SCC(=O)N2c2cccc(C)c2)cc1. The van der Waals surface area contributed by atoms with Crippen molar-refractivity contribution in [2.45, 2.75) is 70.6 Å². The third-order valence-corrected chi connectivity index (χ3v) is 6.85. The maximum absolute atomic E-state index is 12.5. The van der Waals surface area contributed by atoms with Crippen LogP contribution in [0.1, 0.15) is 74.8 Å². The molecule has 2 aromatic rings. The summed E-state index contributed by atoms with van der Waals surface area (Å²) in [6.07, 6.45) is 9.02. The molecular formula is C26H34N2O2S. The van der Waals surface area contributed by atoms with Crippen molar-refractivity contribution in [1.29, 1.82) is 0 Å². The molecule has 0 aliphatic carbocycles. The number of anilines is 2. The lowest BCUT2D eigenvalue weighted by Gasteiger charge is -2.25. The first-order valence-electron chi connectivity index (χ1n) is 11.5. The smallest absolute Gasteiger partial charge is 0.238 e. The zero-order valence-corrected chi connectivity index (χ0v) is 19.5. The molecule has 0 spiro atoms. The van der Waals surface area contributed by atoms with Gasteiger partial charge >= 0.3 is 0 Å². The molecule has 1 N–H and O–H groups in total. The molecule has 1 fully saturated rings. The van der Waals surface area contributed by atoms with Crippen LogP contribution in [0.5, 0.6) is 0 Å². The van der Waals surface area contributed by atoms with E-state index in [1.807, 2.05) is 54.3 Å². The minimum Gasteiger partial charge on any atom is -0.326 e. The Morgan fingerprint density at radius 3 is 2.45 bits per heavy atom. The molecule has 0 saturated carbocycles. The zero-order valence-electron chi connectivity index (χ0n) is 18.7. The van der Waals surface area contributed by atoms with E-state index in [0.29, 0.717) is 12.2 Å². The van der Waals surface area contributed by atoms with Crippen LogP contribution >= 0.6 is 11.8 Å². The summed E-state index contributed by atoms with van der Waals surface area (Å²) >= 11 is 1.64. The van der Waals surface area contributed by atoms with Gasteiger partial charge in [0.05, 0.1) is 5.75 Å². The van der Waals surface area contributed by atoms with Gasteiger partial charge in [-0.15, -0.1) is 11.8 Å². The summed E-state index contributed by atoms with van der Waals surface area (Å²) in [6.45, 7) is 4.26.